The normalized spacial score (nSPS) is 13.1. The standard InChI is InChI=1S/C17H19N3O7/c1-9(15(23)11(8-27-18)17(25)26)19-16(24)13-6-10-4-2-3-5-12(10)20(13)7-14(21)22/h2-6,9,11H,7-8,18H2,1H3,(H,19,24)(H,21,22)(H,25,26)/t9-,11-/m0/s1. The van der Waals surface area contributed by atoms with Crippen molar-refractivity contribution in [3.8, 4) is 0 Å². The van der Waals surface area contributed by atoms with E-state index in [1.54, 1.807) is 24.3 Å². The lowest BCUT2D eigenvalue weighted by molar-refractivity contribution is -0.149. The highest BCUT2D eigenvalue weighted by Crippen LogP contribution is 2.20. The second kappa shape index (κ2) is 8.43. The molecule has 0 bridgehead atoms. The number of carbonyl (C=O) groups excluding carboxylic acids is 2. The second-order valence-electron chi connectivity index (χ2n) is 5.89. The number of carboxylic acid groups (broad SMARTS) is 2. The Bertz CT molecular complexity index is 890. The lowest BCUT2D eigenvalue weighted by atomic mass is 10.00. The first-order chi connectivity index (χ1) is 12.8. The minimum Gasteiger partial charge on any atom is -0.481 e. The summed E-state index contributed by atoms with van der Waals surface area (Å²) in [5, 5.41) is 21.2. The maximum atomic E-state index is 12.6. The molecule has 0 radical (unpaired) electrons. The number of fused-ring (bicyclic) bond motifs is 1. The van der Waals surface area contributed by atoms with Gasteiger partial charge in [0.25, 0.3) is 5.91 Å². The molecule has 1 aromatic carbocycles. The molecule has 0 aliphatic rings. The van der Waals surface area contributed by atoms with Gasteiger partial charge in [0.15, 0.2) is 5.78 Å². The van der Waals surface area contributed by atoms with E-state index >= 15 is 0 Å². The fourth-order valence-electron chi connectivity index (χ4n) is 2.72. The van der Waals surface area contributed by atoms with E-state index in [9.17, 15) is 19.2 Å². The van der Waals surface area contributed by atoms with Crippen LogP contribution in [0.5, 0.6) is 0 Å². The predicted octanol–water partition coefficient (Wildman–Crippen LogP) is 0.00440. The maximum absolute atomic E-state index is 12.6. The SMILES string of the molecule is C[C@H](NC(=O)c1cc2ccccc2n1CC(=O)O)C(=O)[C@H](CON)C(=O)O. The number of benzene rings is 1. The van der Waals surface area contributed by atoms with Crippen molar-refractivity contribution in [3.05, 3.63) is 36.0 Å². The molecule has 27 heavy (non-hydrogen) atoms. The van der Waals surface area contributed by atoms with Crippen LogP contribution in [0.3, 0.4) is 0 Å². The molecule has 1 aromatic heterocycles. The van der Waals surface area contributed by atoms with E-state index in [0.717, 1.165) is 0 Å². The van der Waals surface area contributed by atoms with Gasteiger partial charge < -0.3 is 24.9 Å². The number of hydrogen-bond acceptors (Lipinski definition) is 6. The van der Waals surface area contributed by atoms with Crippen LogP contribution in [0.4, 0.5) is 0 Å². The van der Waals surface area contributed by atoms with Crippen LogP contribution in [0, 0.1) is 5.92 Å². The fraction of sp³-hybridized carbons (Fsp3) is 0.294. The van der Waals surface area contributed by atoms with Gasteiger partial charge in [0.05, 0.1) is 12.6 Å². The van der Waals surface area contributed by atoms with Crippen molar-refractivity contribution in [1.29, 1.82) is 0 Å². The third kappa shape index (κ3) is 4.49. The summed E-state index contributed by atoms with van der Waals surface area (Å²) in [4.78, 5) is 51.4. The third-order valence-corrected chi connectivity index (χ3v) is 4.02. The molecule has 2 rings (SSSR count). The molecule has 10 heteroatoms. The molecule has 0 aliphatic carbocycles. The van der Waals surface area contributed by atoms with Gasteiger partial charge in [-0.15, -0.1) is 0 Å². The number of carboxylic acids is 2. The molecule has 1 amide bonds. The molecule has 144 valence electrons. The number of amides is 1. The average Bonchev–Trinajstić information content (AvgIpc) is 2.97. The number of para-hydroxylation sites is 1. The van der Waals surface area contributed by atoms with Crippen LogP contribution in [0.15, 0.2) is 30.3 Å². The zero-order chi connectivity index (χ0) is 20.1. The zero-order valence-corrected chi connectivity index (χ0v) is 14.4. The van der Waals surface area contributed by atoms with Crippen LogP contribution in [0.25, 0.3) is 10.9 Å². The lowest BCUT2D eigenvalue weighted by Crippen LogP contribution is -2.45. The number of carbonyl (C=O) groups is 4. The first-order valence-electron chi connectivity index (χ1n) is 7.95. The molecule has 2 aromatic rings. The molecule has 0 saturated heterocycles. The summed E-state index contributed by atoms with van der Waals surface area (Å²) in [5.74, 6) is -0.743. The van der Waals surface area contributed by atoms with Crippen molar-refractivity contribution < 1.29 is 34.2 Å². The quantitative estimate of drug-likeness (QED) is 0.351. The Labute approximate surface area is 153 Å². The average molecular weight is 377 g/mol. The molecule has 0 spiro atoms. The summed E-state index contributed by atoms with van der Waals surface area (Å²) in [5.41, 5.74) is 0.587. The van der Waals surface area contributed by atoms with Crippen molar-refractivity contribution in [1.82, 2.24) is 9.88 Å². The number of aliphatic carboxylic acids is 2. The van der Waals surface area contributed by atoms with Crippen LogP contribution < -0.4 is 11.2 Å². The monoisotopic (exact) mass is 377 g/mol. The zero-order valence-electron chi connectivity index (χ0n) is 14.4. The van der Waals surface area contributed by atoms with Gasteiger partial charge in [0, 0.05) is 10.9 Å². The lowest BCUT2D eigenvalue weighted by Gasteiger charge is -2.17. The van der Waals surface area contributed by atoms with Gasteiger partial charge in [-0.3, -0.25) is 19.2 Å². The molecule has 5 N–H and O–H groups in total. The predicted molar refractivity (Wildman–Crippen MR) is 92.8 cm³/mol. The molecule has 2 atom stereocenters. The van der Waals surface area contributed by atoms with Crippen molar-refractivity contribution in [2.24, 2.45) is 11.8 Å². The van der Waals surface area contributed by atoms with E-state index < -0.39 is 48.7 Å². The number of nitrogens with two attached hydrogens (primary N) is 1. The molecule has 0 unspecified atom stereocenters. The molecule has 0 saturated carbocycles. The van der Waals surface area contributed by atoms with E-state index in [1.807, 2.05) is 0 Å². The van der Waals surface area contributed by atoms with Gasteiger partial charge >= 0.3 is 11.9 Å². The number of rotatable bonds is 9. The fourth-order valence-corrected chi connectivity index (χ4v) is 2.72. The number of nitrogens with one attached hydrogen (secondary N) is 1. The van der Waals surface area contributed by atoms with E-state index in [2.05, 4.69) is 10.2 Å². The Balaban J connectivity index is 2.28. The van der Waals surface area contributed by atoms with E-state index in [1.165, 1.54) is 17.6 Å². The van der Waals surface area contributed by atoms with Crippen LogP contribution in [0.1, 0.15) is 17.4 Å². The van der Waals surface area contributed by atoms with Gasteiger partial charge in [-0.2, -0.15) is 0 Å². The Morgan fingerprint density at radius 3 is 2.48 bits per heavy atom. The van der Waals surface area contributed by atoms with Gasteiger partial charge in [-0.25, -0.2) is 5.90 Å². The summed E-state index contributed by atoms with van der Waals surface area (Å²) in [6, 6.07) is 7.19. The van der Waals surface area contributed by atoms with Gasteiger partial charge in [0.2, 0.25) is 0 Å². The number of aromatic nitrogens is 1. The first-order valence-corrected chi connectivity index (χ1v) is 7.95. The van der Waals surface area contributed by atoms with E-state index in [0.29, 0.717) is 10.9 Å². The Hall–Kier alpha value is -3.24. The maximum Gasteiger partial charge on any atom is 0.323 e. The molecule has 1 heterocycles. The Morgan fingerprint density at radius 1 is 1.22 bits per heavy atom. The minimum absolute atomic E-state index is 0.0419. The molecular weight excluding hydrogens is 358 g/mol. The van der Waals surface area contributed by atoms with Crippen LogP contribution >= 0.6 is 0 Å². The number of ketones is 1. The largest absolute Gasteiger partial charge is 0.481 e. The highest BCUT2D eigenvalue weighted by Gasteiger charge is 2.32. The van der Waals surface area contributed by atoms with Gasteiger partial charge in [-0.05, 0) is 19.1 Å². The second-order valence-corrected chi connectivity index (χ2v) is 5.89. The summed E-state index contributed by atoms with van der Waals surface area (Å²) in [6.07, 6.45) is 0. The Kier molecular flexibility index (Phi) is 6.27. The van der Waals surface area contributed by atoms with Crippen molar-refractivity contribution in [2.45, 2.75) is 19.5 Å². The van der Waals surface area contributed by atoms with Crippen molar-refractivity contribution in [2.75, 3.05) is 6.61 Å². The molecular formula is C17H19N3O7. The van der Waals surface area contributed by atoms with Gasteiger partial charge in [-0.1, -0.05) is 18.2 Å². The van der Waals surface area contributed by atoms with Crippen LogP contribution in [-0.4, -0.2) is 51.1 Å². The first kappa shape index (κ1) is 20.1. The van der Waals surface area contributed by atoms with E-state index in [4.69, 9.17) is 16.1 Å². The summed E-state index contributed by atoms with van der Waals surface area (Å²) in [7, 11) is 0. The molecule has 10 nitrogen and oxygen atoms in total. The minimum atomic E-state index is -1.53. The smallest absolute Gasteiger partial charge is 0.323 e. The third-order valence-electron chi connectivity index (χ3n) is 4.02. The van der Waals surface area contributed by atoms with Crippen LogP contribution in [-0.2, 0) is 25.8 Å². The van der Waals surface area contributed by atoms with Crippen molar-refractivity contribution in [3.63, 3.8) is 0 Å². The van der Waals surface area contributed by atoms with E-state index in [-0.39, 0.29) is 5.69 Å². The highest BCUT2D eigenvalue weighted by molar-refractivity contribution is 6.05. The highest BCUT2D eigenvalue weighted by atomic mass is 16.6. The van der Waals surface area contributed by atoms with Gasteiger partial charge in [0.1, 0.15) is 18.2 Å². The molecule has 0 fully saturated rings. The summed E-state index contributed by atoms with van der Waals surface area (Å²) in [6.45, 7) is 0.349. The van der Waals surface area contributed by atoms with Crippen molar-refractivity contribution >= 4 is 34.5 Å². The number of nitrogens with zero attached hydrogens (tertiary/aromatic N) is 1. The topological polar surface area (TPSA) is 161 Å². The molecule has 0 aliphatic heterocycles. The summed E-state index contributed by atoms with van der Waals surface area (Å²) < 4.78 is 1.31. The number of hydrogen-bond donors (Lipinski definition) is 4. The Morgan fingerprint density at radius 2 is 1.89 bits per heavy atom. The van der Waals surface area contributed by atoms with Crippen LogP contribution in [0.2, 0.25) is 0 Å². The summed E-state index contributed by atoms with van der Waals surface area (Å²) >= 11 is 0. The number of Topliss-reactive ketones (excluding diaryl/α,β-unsaturated/α-hetero) is 1.